The molecule has 0 bridgehead atoms. The maximum absolute atomic E-state index is 13.3. The fraction of sp³-hybridized carbons (Fsp3) is 0.250. The molecular formula is C12H13FN2OS. The third-order valence-electron chi connectivity index (χ3n) is 2.39. The Kier molecular flexibility index (Phi) is 3.81. The van der Waals surface area contributed by atoms with E-state index in [-0.39, 0.29) is 5.82 Å². The number of rotatable bonds is 4. The Bertz CT molecular complexity index is 501. The number of aliphatic hydroxyl groups excluding tert-OH is 1. The first-order valence-corrected chi connectivity index (χ1v) is 6.19. The van der Waals surface area contributed by atoms with Crippen molar-refractivity contribution in [1.82, 2.24) is 9.55 Å². The average Bonchev–Trinajstić information content (AvgIpc) is 2.74. The highest BCUT2D eigenvalue weighted by Crippen LogP contribution is 2.25. The van der Waals surface area contributed by atoms with Crippen LogP contribution in [-0.4, -0.2) is 20.4 Å². The minimum Gasteiger partial charge on any atom is -0.384 e. The summed E-state index contributed by atoms with van der Waals surface area (Å²) < 4.78 is 15.1. The molecule has 0 saturated heterocycles. The van der Waals surface area contributed by atoms with E-state index >= 15 is 0 Å². The van der Waals surface area contributed by atoms with E-state index in [1.54, 1.807) is 35.2 Å². The third-order valence-corrected chi connectivity index (χ3v) is 3.51. The number of benzene rings is 1. The van der Waals surface area contributed by atoms with Gasteiger partial charge in [-0.2, -0.15) is 0 Å². The summed E-state index contributed by atoms with van der Waals surface area (Å²) in [5.74, 6) is 0.713. The summed E-state index contributed by atoms with van der Waals surface area (Å²) in [5, 5.41) is 9.92. The van der Waals surface area contributed by atoms with E-state index in [0.717, 1.165) is 0 Å². The summed E-state index contributed by atoms with van der Waals surface area (Å²) >= 11 is 1.28. The van der Waals surface area contributed by atoms with Crippen LogP contribution in [0.25, 0.3) is 0 Å². The Hall–Kier alpha value is -1.33. The standard InChI is InChI=1S/C12H13FN2OS/c1-15-7-6-14-12(15)10(16)8-17-11-5-3-2-4-9(11)13/h2-7,10,16H,8H2,1H3. The van der Waals surface area contributed by atoms with E-state index in [0.29, 0.717) is 16.5 Å². The van der Waals surface area contributed by atoms with Crippen molar-refractivity contribution in [2.24, 2.45) is 7.05 Å². The predicted octanol–water partition coefficient (Wildman–Crippen LogP) is 2.38. The van der Waals surface area contributed by atoms with Gasteiger partial charge in [-0.15, -0.1) is 11.8 Å². The molecule has 90 valence electrons. The van der Waals surface area contributed by atoms with E-state index in [9.17, 15) is 9.50 Å². The first-order chi connectivity index (χ1) is 8.18. The van der Waals surface area contributed by atoms with E-state index in [1.165, 1.54) is 17.8 Å². The molecule has 0 amide bonds. The van der Waals surface area contributed by atoms with Crippen LogP contribution >= 0.6 is 11.8 Å². The van der Waals surface area contributed by atoms with Crippen LogP contribution in [0.3, 0.4) is 0 Å². The summed E-state index contributed by atoms with van der Waals surface area (Å²) in [7, 11) is 1.82. The molecule has 1 unspecified atom stereocenters. The van der Waals surface area contributed by atoms with Crippen molar-refractivity contribution in [1.29, 1.82) is 0 Å². The van der Waals surface area contributed by atoms with Gasteiger partial charge in [0.25, 0.3) is 0 Å². The van der Waals surface area contributed by atoms with Crippen molar-refractivity contribution in [3.63, 3.8) is 0 Å². The molecular weight excluding hydrogens is 239 g/mol. The molecule has 0 radical (unpaired) electrons. The number of aryl methyl sites for hydroxylation is 1. The third kappa shape index (κ3) is 2.87. The normalized spacial score (nSPS) is 12.6. The van der Waals surface area contributed by atoms with Crippen LogP contribution in [0, 0.1) is 5.82 Å². The van der Waals surface area contributed by atoms with Crippen LogP contribution in [0.2, 0.25) is 0 Å². The molecule has 3 nitrogen and oxygen atoms in total. The summed E-state index contributed by atoms with van der Waals surface area (Å²) in [6.07, 6.45) is 2.71. The van der Waals surface area contributed by atoms with Gasteiger partial charge in [0.2, 0.25) is 0 Å². The van der Waals surface area contributed by atoms with E-state index in [2.05, 4.69) is 4.98 Å². The number of halogens is 1. The number of hydrogen-bond acceptors (Lipinski definition) is 3. The molecule has 1 aromatic carbocycles. The highest BCUT2D eigenvalue weighted by atomic mass is 32.2. The highest BCUT2D eigenvalue weighted by molar-refractivity contribution is 7.99. The Morgan fingerprint density at radius 3 is 2.88 bits per heavy atom. The molecule has 0 aliphatic heterocycles. The molecule has 1 N–H and O–H groups in total. The summed E-state index contributed by atoms with van der Waals surface area (Å²) in [5.41, 5.74) is 0. The van der Waals surface area contributed by atoms with Crippen molar-refractivity contribution < 1.29 is 9.50 Å². The van der Waals surface area contributed by atoms with Crippen molar-refractivity contribution in [2.45, 2.75) is 11.0 Å². The molecule has 2 rings (SSSR count). The monoisotopic (exact) mass is 252 g/mol. The van der Waals surface area contributed by atoms with Crippen LogP contribution in [0.15, 0.2) is 41.6 Å². The first kappa shape index (κ1) is 12.1. The largest absolute Gasteiger partial charge is 0.384 e. The molecule has 0 aliphatic carbocycles. The van der Waals surface area contributed by atoms with Gasteiger partial charge in [0, 0.05) is 30.1 Å². The molecule has 0 fully saturated rings. The number of nitrogens with zero attached hydrogens (tertiary/aromatic N) is 2. The minimum absolute atomic E-state index is 0.260. The van der Waals surface area contributed by atoms with Crippen LogP contribution < -0.4 is 0 Å². The zero-order valence-electron chi connectivity index (χ0n) is 9.38. The van der Waals surface area contributed by atoms with E-state index in [4.69, 9.17) is 0 Å². The Labute approximate surface area is 103 Å². The molecule has 2 aromatic rings. The van der Waals surface area contributed by atoms with Gasteiger partial charge in [-0.1, -0.05) is 12.1 Å². The van der Waals surface area contributed by atoms with Gasteiger partial charge in [-0.3, -0.25) is 0 Å². The topological polar surface area (TPSA) is 38.0 Å². The highest BCUT2D eigenvalue weighted by Gasteiger charge is 2.13. The zero-order valence-corrected chi connectivity index (χ0v) is 10.2. The lowest BCUT2D eigenvalue weighted by Gasteiger charge is -2.10. The lowest BCUT2D eigenvalue weighted by atomic mass is 10.3. The Balaban J connectivity index is 2.00. The predicted molar refractivity (Wildman–Crippen MR) is 65.3 cm³/mol. The lowest BCUT2D eigenvalue weighted by molar-refractivity contribution is 0.190. The van der Waals surface area contributed by atoms with Gasteiger partial charge in [0.15, 0.2) is 0 Å². The van der Waals surface area contributed by atoms with Crippen molar-refractivity contribution in [3.05, 3.63) is 48.3 Å². The fourth-order valence-electron chi connectivity index (χ4n) is 1.50. The number of aliphatic hydroxyl groups is 1. The van der Waals surface area contributed by atoms with Gasteiger partial charge < -0.3 is 9.67 Å². The molecule has 1 heterocycles. The number of hydrogen-bond donors (Lipinski definition) is 1. The first-order valence-electron chi connectivity index (χ1n) is 5.21. The maximum Gasteiger partial charge on any atom is 0.138 e. The van der Waals surface area contributed by atoms with Gasteiger partial charge in [0.1, 0.15) is 17.7 Å². The average molecular weight is 252 g/mol. The van der Waals surface area contributed by atoms with Gasteiger partial charge in [-0.05, 0) is 12.1 Å². The van der Waals surface area contributed by atoms with Crippen molar-refractivity contribution in [3.8, 4) is 0 Å². The van der Waals surface area contributed by atoms with Crippen molar-refractivity contribution in [2.75, 3.05) is 5.75 Å². The maximum atomic E-state index is 13.3. The quantitative estimate of drug-likeness (QED) is 0.849. The van der Waals surface area contributed by atoms with Crippen LogP contribution in [0.4, 0.5) is 4.39 Å². The summed E-state index contributed by atoms with van der Waals surface area (Å²) in [6, 6.07) is 6.54. The lowest BCUT2D eigenvalue weighted by Crippen LogP contribution is -2.07. The zero-order chi connectivity index (χ0) is 12.3. The molecule has 0 saturated carbocycles. The summed E-state index contributed by atoms with van der Waals surface area (Å²) in [4.78, 5) is 4.60. The Morgan fingerprint density at radius 2 is 2.24 bits per heavy atom. The van der Waals surface area contributed by atoms with Gasteiger partial charge in [-0.25, -0.2) is 9.37 Å². The molecule has 17 heavy (non-hydrogen) atoms. The van der Waals surface area contributed by atoms with E-state index < -0.39 is 6.10 Å². The number of thioether (sulfide) groups is 1. The SMILES string of the molecule is Cn1ccnc1C(O)CSc1ccccc1F. The second kappa shape index (κ2) is 5.33. The fourth-order valence-corrected chi connectivity index (χ4v) is 2.37. The van der Waals surface area contributed by atoms with Crippen LogP contribution in [-0.2, 0) is 7.05 Å². The second-order valence-electron chi connectivity index (χ2n) is 3.65. The smallest absolute Gasteiger partial charge is 0.138 e. The van der Waals surface area contributed by atoms with Gasteiger partial charge in [0.05, 0.1) is 0 Å². The molecule has 0 aliphatic rings. The number of imidazole rings is 1. The molecule has 0 spiro atoms. The van der Waals surface area contributed by atoms with E-state index in [1.807, 2.05) is 7.05 Å². The Morgan fingerprint density at radius 1 is 1.47 bits per heavy atom. The molecule has 5 heteroatoms. The number of aromatic nitrogens is 2. The van der Waals surface area contributed by atoms with Crippen LogP contribution in [0.5, 0.6) is 0 Å². The molecule has 1 aromatic heterocycles. The van der Waals surface area contributed by atoms with Gasteiger partial charge >= 0.3 is 0 Å². The van der Waals surface area contributed by atoms with Crippen LogP contribution in [0.1, 0.15) is 11.9 Å². The summed E-state index contributed by atoms with van der Waals surface area (Å²) in [6.45, 7) is 0. The second-order valence-corrected chi connectivity index (χ2v) is 4.72. The van der Waals surface area contributed by atoms with Crippen molar-refractivity contribution >= 4 is 11.8 Å². The molecule has 1 atom stereocenters. The minimum atomic E-state index is -0.695.